The van der Waals surface area contributed by atoms with E-state index in [1.54, 1.807) is 19.1 Å². The number of para-hydroxylation sites is 1. The Morgan fingerprint density at radius 3 is 2.81 bits per heavy atom. The molecule has 2 rings (SSSR count). The van der Waals surface area contributed by atoms with Gasteiger partial charge in [-0.2, -0.15) is 0 Å². The summed E-state index contributed by atoms with van der Waals surface area (Å²) in [6.45, 7) is 1.81. The van der Waals surface area contributed by atoms with Crippen LogP contribution in [0.25, 0.3) is 0 Å². The Balaban J connectivity index is 2.05. The van der Waals surface area contributed by atoms with E-state index >= 15 is 0 Å². The smallest absolute Gasteiger partial charge is 0.263 e. The van der Waals surface area contributed by atoms with Crippen LogP contribution in [0.1, 0.15) is 19.8 Å². The molecule has 0 radical (unpaired) electrons. The molecule has 1 heterocycles. The average molecular weight is 297 g/mol. The van der Waals surface area contributed by atoms with Crippen molar-refractivity contribution in [3.63, 3.8) is 0 Å². The molecule has 1 aliphatic rings. The van der Waals surface area contributed by atoms with E-state index in [1.165, 1.54) is 17.0 Å². The van der Waals surface area contributed by atoms with E-state index in [4.69, 9.17) is 9.84 Å². The fourth-order valence-electron chi connectivity index (χ4n) is 2.38. The second-order valence-electron chi connectivity index (χ2n) is 5.34. The van der Waals surface area contributed by atoms with Crippen molar-refractivity contribution >= 4 is 5.91 Å². The Morgan fingerprint density at radius 1 is 1.52 bits per heavy atom. The zero-order chi connectivity index (χ0) is 15.5. The summed E-state index contributed by atoms with van der Waals surface area (Å²) in [5, 5.41) is 19.1. The van der Waals surface area contributed by atoms with Crippen LogP contribution >= 0.6 is 0 Å². The van der Waals surface area contributed by atoms with Crippen LogP contribution in [0.2, 0.25) is 0 Å². The zero-order valence-electron chi connectivity index (χ0n) is 12.0. The lowest BCUT2D eigenvalue weighted by Crippen LogP contribution is -2.44. The highest BCUT2D eigenvalue weighted by Crippen LogP contribution is 2.24. The lowest BCUT2D eigenvalue weighted by Gasteiger charge is -2.25. The van der Waals surface area contributed by atoms with E-state index in [0.717, 1.165) is 0 Å². The van der Waals surface area contributed by atoms with Gasteiger partial charge in [-0.05, 0) is 25.0 Å². The molecular weight excluding hydrogens is 277 g/mol. The standard InChI is InChI=1S/C15H20FNO4/c1-2-12(21-13-6-4-3-5-11(13)16)14(19)17-8-7-15(20,9-17)10-18/h3-6,12,18,20H,2,7-10H2,1H3. The first-order valence-electron chi connectivity index (χ1n) is 7.02. The molecule has 1 fully saturated rings. The monoisotopic (exact) mass is 297 g/mol. The number of benzene rings is 1. The van der Waals surface area contributed by atoms with Crippen molar-refractivity contribution in [1.29, 1.82) is 0 Å². The molecule has 116 valence electrons. The van der Waals surface area contributed by atoms with Crippen LogP contribution < -0.4 is 4.74 Å². The van der Waals surface area contributed by atoms with Crippen molar-refractivity contribution in [1.82, 2.24) is 4.90 Å². The maximum Gasteiger partial charge on any atom is 0.263 e. The van der Waals surface area contributed by atoms with Crippen molar-refractivity contribution in [3.05, 3.63) is 30.1 Å². The molecule has 1 saturated heterocycles. The van der Waals surface area contributed by atoms with Crippen molar-refractivity contribution in [2.24, 2.45) is 0 Å². The van der Waals surface area contributed by atoms with E-state index in [9.17, 15) is 14.3 Å². The van der Waals surface area contributed by atoms with Crippen LogP contribution in [0, 0.1) is 5.82 Å². The van der Waals surface area contributed by atoms with Crippen molar-refractivity contribution < 1.29 is 24.1 Å². The Kier molecular flexibility index (Phi) is 4.80. The zero-order valence-corrected chi connectivity index (χ0v) is 12.0. The predicted molar refractivity (Wildman–Crippen MR) is 74.3 cm³/mol. The van der Waals surface area contributed by atoms with Crippen molar-refractivity contribution in [3.8, 4) is 5.75 Å². The third-order valence-corrected chi connectivity index (χ3v) is 3.69. The molecule has 0 aromatic heterocycles. The molecule has 0 aliphatic carbocycles. The first-order valence-corrected chi connectivity index (χ1v) is 7.02. The minimum Gasteiger partial charge on any atom is -0.478 e. The van der Waals surface area contributed by atoms with Crippen LogP contribution in [-0.4, -0.2) is 52.4 Å². The first kappa shape index (κ1) is 15.7. The molecule has 1 aromatic rings. The number of hydrogen-bond donors (Lipinski definition) is 2. The average Bonchev–Trinajstić information content (AvgIpc) is 2.89. The summed E-state index contributed by atoms with van der Waals surface area (Å²) in [4.78, 5) is 13.8. The quantitative estimate of drug-likeness (QED) is 0.848. The molecule has 1 aromatic carbocycles. The summed E-state index contributed by atoms with van der Waals surface area (Å²) < 4.78 is 19.0. The van der Waals surface area contributed by atoms with Gasteiger partial charge >= 0.3 is 0 Å². The van der Waals surface area contributed by atoms with Gasteiger partial charge in [0.25, 0.3) is 5.91 Å². The van der Waals surface area contributed by atoms with Gasteiger partial charge in [-0.1, -0.05) is 19.1 Å². The van der Waals surface area contributed by atoms with Gasteiger partial charge in [0.2, 0.25) is 0 Å². The minimum atomic E-state index is -1.24. The van der Waals surface area contributed by atoms with Crippen LogP contribution in [0.5, 0.6) is 5.75 Å². The molecular formula is C15H20FNO4. The highest BCUT2D eigenvalue weighted by molar-refractivity contribution is 5.81. The van der Waals surface area contributed by atoms with E-state index in [0.29, 0.717) is 19.4 Å². The molecule has 0 bridgehead atoms. The molecule has 21 heavy (non-hydrogen) atoms. The molecule has 6 heteroatoms. The molecule has 2 unspecified atom stereocenters. The number of nitrogens with zero attached hydrogens (tertiary/aromatic N) is 1. The highest BCUT2D eigenvalue weighted by atomic mass is 19.1. The lowest BCUT2D eigenvalue weighted by atomic mass is 10.1. The number of halogens is 1. The van der Waals surface area contributed by atoms with Gasteiger partial charge < -0.3 is 19.8 Å². The summed E-state index contributed by atoms with van der Waals surface area (Å²) in [5.74, 6) is -0.781. The minimum absolute atomic E-state index is 0.0364. The summed E-state index contributed by atoms with van der Waals surface area (Å²) in [6, 6.07) is 5.93. The number of rotatable bonds is 5. The first-order chi connectivity index (χ1) is 9.99. The Hall–Kier alpha value is -1.66. The molecule has 0 spiro atoms. The summed E-state index contributed by atoms with van der Waals surface area (Å²) in [7, 11) is 0. The normalized spacial score (nSPS) is 23.1. The fraction of sp³-hybridized carbons (Fsp3) is 0.533. The summed E-state index contributed by atoms with van der Waals surface area (Å²) >= 11 is 0. The van der Waals surface area contributed by atoms with Crippen LogP contribution in [0.4, 0.5) is 4.39 Å². The van der Waals surface area contributed by atoms with Gasteiger partial charge in [-0.15, -0.1) is 0 Å². The van der Waals surface area contributed by atoms with Gasteiger partial charge in [0, 0.05) is 6.54 Å². The largest absolute Gasteiger partial charge is 0.478 e. The summed E-state index contributed by atoms with van der Waals surface area (Å²) in [5.41, 5.74) is -1.24. The second-order valence-corrected chi connectivity index (χ2v) is 5.34. The van der Waals surface area contributed by atoms with Gasteiger partial charge in [-0.25, -0.2) is 4.39 Å². The second kappa shape index (κ2) is 6.41. The maximum absolute atomic E-state index is 13.6. The number of β-amino-alcohol motifs (C(OH)–C–C–N with tert-alkyl or cyclic N) is 1. The van der Waals surface area contributed by atoms with E-state index < -0.39 is 17.5 Å². The number of carbonyl (C=O) groups excluding carboxylic acids is 1. The topological polar surface area (TPSA) is 70.0 Å². The molecule has 5 nitrogen and oxygen atoms in total. The van der Waals surface area contributed by atoms with Crippen molar-refractivity contribution in [2.45, 2.75) is 31.5 Å². The van der Waals surface area contributed by atoms with Gasteiger partial charge in [0.15, 0.2) is 17.7 Å². The van der Waals surface area contributed by atoms with E-state index in [2.05, 4.69) is 0 Å². The number of amides is 1. The summed E-state index contributed by atoms with van der Waals surface area (Å²) in [6.07, 6.45) is -0.0880. The molecule has 2 atom stereocenters. The van der Waals surface area contributed by atoms with Gasteiger partial charge in [0.05, 0.1) is 13.2 Å². The predicted octanol–water partition coefficient (Wildman–Crippen LogP) is 0.939. The number of hydrogen-bond acceptors (Lipinski definition) is 4. The molecule has 0 saturated carbocycles. The maximum atomic E-state index is 13.6. The van der Waals surface area contributed by atoms with Crippen LogP contribution in [0.15, 0.2) is 24.3 Å². The number of aliphatic hydroxyl groups excluding tert-OH is 1. The third kappa shape index (κ3) is 3.51. The van der Waals surface area contributed by atoms with Crippen molar-refractivity contribution in [2.75, 3.05) is 19.7 Å². The van der Waals surface area contributed by atoms with Gasteiger partial charge in [0.1, 0.15) is 5.60 Å². The molecule has 1 aliphatic heterocycles. The van der Waals surface area contributed by atoms with Crippen LogP contribution in [0.3, 0.4) is 0 Å². The van der Waals surface area contributed by atoms with E-state index in [1.807, 2.05) is 0 Å². The molecule has 2 N–H and O–H groups in total. The Labute approximate surface area is 122 Å². The third-order valence-electron chi connectivity index (χ3n) is 3.69. The highest BCUT2D eigenvalue weighted by Gasteiger charge is 2.39. The molecule has 1 amide bonds. The van der Waals surface area contributed by atoms with E-state index in [-0.39, 0.29) is 24.8 Å². The van der Waals surface area contributed by atoms with Gasteiger partial charge in [-0.3, -0.25) is 4.79 Å². The Morgan fingerprint density at radius 2 is 2.24 bits per heavy atom. The fourth-order valence-corrected chi connectivity index (χ4v) is 2.38. The number of ether oxygens (including phenoxy) is 1. The Bertz CT molecular complexity index is 510. The van der Waals surface area contributed by atoms with Crippen LogP contribution in [-0.2, 0) is 4.79 Å². The number of likely N-dealkylation sites (tertiary alicyclic amines) is 1. The lowest BCUT2D eigenvalue weighted by molar-refractivity contribution is -0.139. The SMILES string of the molecule is CCC(Oc1ccccc1F)C(=O)N1CCC(O)(CO)C1. The number of aliphatic hydroxyl groups is 2. The number of carbonyl (C=O) groups is 1.